The minimum absolute atomic E-state index is 0.0478. The summed E-state index contributed by atoms with van der Waals surface area (Å²) in [5.74, 6) is -0.0478. The van der Waals surface area contributed by atoms with E-state index in [9.17, 15) is 13.2 Å². The number of nitrogens with zero attached hydrogens (tertiary/aromatic N) is 1. The van der Waals surface area contributed by atoms with Crippen molar-refractivity contribution in [3.05, 3.63) is 48.2 Å². The first-order chi connectivity index (χ1) is 9.38. The second kappa shape index (κ2) is 5.76. The van der Waals surface area contributed by atoms with Crippen LogP contribution in [-0.2, 0) is 9.84 Å². The van der Waals surface area contributed by atoms with Crippen LogP contribution in [0.25, 0.3) is 0 Å². The number of carbonyl (C=O) groups excluding carboxylic acids is 1. The molecule has 1 heterocycles. The Hall–Kier alpha value is -1.66. The molecule has 0 saturated carbocycles. The van der Waals surface area contributed by atoms with Gasteiger partial charge in [-0.2, -0.15) is 0 Å². The Balaban J connectivity index is 2.30. The van der Waals surface area contributed by atoms with Crippen molar-refractivity contribution in [3.63, 3.8) is 0 Å². The molecule has 4 nitrogen and oxygen atoms in total. The maximum absolute atomic E-state index is 11.5. The molecule has 0 radical (unpaired) electrons. The van der Waals surface area contributed by atoms with Gasteiger partial charge in [0.05, 0.1) is 4.90 Å². The normalized spacial score (nSPS) is 11.3. The maximum atomic E-state index is 11.5. The summed E-state index contributed by atoms with van der Waals surface area (Å²) >= 11 is 1.34. The lowest BCUT2D eigenvalue weighted by molar-refractivity contribution is 0.101. The molecule has 104 valence electrons. The first-order valence-electron chi connectivity index (χ1n) is 5.82. The van der Waals surface area contributed by atoms with Crippen molar-refractivity contribution in [1.82, 2.24) is 4.98 Å². The number of aromatic nitrogens is 1. The van der Waals surface area contributed by atoms with E-state index in [-0.39, 0.29) is 10.7 Å². The van der Waals surface area contributed by atoms with Gasteiger partial charge in [-0.3, -0.25) is 4.79 Å². The molecule has 0 atom stereocenters. The molecule has 1 aromatic heterocycles. The molecule has 0 amide bonds. The lowest BCUT2D eigenvalue weighted by Crippen LogP contribution is -1.97. The molecular weight excluding hydrogens is 294 g/mol. The van der Waals surface area contributed by atoms with E-state index in [2.05, 4.69) is 4.98 Å². The largest absolute Gasteiger partial charge is 0.294 e. The van der Waals surface area contributed by atoms with Gasteiger partial charge in [-0.25, -0.2) is 13.4 Å². The Kier molecular flexibility index (Phi) is 4.25. The van der Waals surface area contributed by atoms with Crippen LogP contribution < -0.4 is 0 Å². The zero-order chi connectivity index (χ0) is 14.8. The van der Waals surface area contributed by atoms with Gasteiger partial charge in [0.25, 0.3) is 0 Å². The van der Waals surface area contributed by atoms with Gasteiger partial charge in [0, 0.05) is 22.9 Å². The second-order valence-electron chi connectivity index (χ2n) is 4.26. The van der Waals surface area contributed by atoms with E-state index in [1.165, 1.54) is 24.9 Å². The number of ketones is 1. The highest BCUT2D eigenvalue weighted by Crippen LogP contribution is 2.29. The molecule has 2 aromatic rings. The van der Waals surface area contributed by atoms with Gasteiger partial charge in [0.2, 0.25) is 0 Å². The maximum Gasteiger partial charge on any atom is 0.175 e. The number of pyridine rings is 1. The van der Waals surface area contributed by atoms with Crippen molar-refractivity contribution in [2.45, 2.75) is 21.7 Å². The predicted molar refractivity (Wildman–Crippen MR) is 77.9 cm³/mol. The van der Waals surface area contributed by atoms with Crippen LogP contribution in [0.1, 0.15) is 17.3 Å². The summed E-state index contributed by atoms with van der Waals surface area (Å²) < 4.78 is 22.8. The third kappa shape index (κ3) is 3.46. The summed E-state index contributed by atoms with van der Waals surface area (Å²) in [7, 11) is -3.19. The number of carbonyl (C=O) groups is 1. The van der Waals surface area contributed by atoms with E-state index < -0.39 is 9.84 Å². The molecule has 0 saturated heterocycles. The van der Waals surface area contributed by atoms with Gasteiger partial charge in [0.1, 0.15) is 5.03 Å². The van der Waals surface area contributed by atoms with Crippen molar-refractivity contribution in [2.24, 2.45) is 0 Å². The van der Waals surface area contributed by atoms with E-state index in [4.69, 9.17) is 0 Å². The SMILES string of the molecule is CC(=O)c1cccnc1Sc1ccc(S(C)(=O)=O)cc1. The molecule has 1 aromatic carbocycles. The lowest BCUT2D eigenvalue weighted by Gasteiger charge is -2.05. The van der Waals surface area contributed by atoms with Gasteiger partial charge in [0.15, 0.2) is 15.6 Å². The Morgan fingerprint density at radius 2 is 1.80 bits per heavy atom. The summed E-state index contributed by atoms with van der Waals surface area (Å²) in [6, 6.07) is 9.96. The van der Waals surface area contributed by atoms with Gasteiger partial charge < -0.3 is 0 Å². The summed E-state index contributed by atoms with van der Waals surface area (Å²) in [6.45, 7) is 1.49. The fourth-order valence-corrected chi connectivity index (χ4v) is 3.17. The zero-order valence-electron chi connectivity index (χ0n) is 11.0. The molecule has 0 unspecified atom stereocenters. The number of hydrogen-bond acceptors (Lipinski definition) is 5. The highest BCUT2D eigenvalue weighted by atomic mass is 32.2. The minimum Gasteiger partial charge on any atom is -0.294 e. The topological polar surface area (TPSA) is 64.1 Å². The number of benzene rings is 1. The minimum atomic E-state index is -3.19. The highest BCUT2D eigenvalue weighted by molar-refractivity contribution is 7.99. The number of sulfone groups is 1. The van der Waals surface area contributed by atoms with Gasteiger partial charge in [-0.15, -0.1) is 0 Å². The number of rotatable bonds is 4. The van der Waals surface area contributed by atoms with Crippen molar-refractivity contribution in [3.8, 4) is 0 Å². The van der Waals surface area contributed by atoms with Crippen LogP contribution in [0.15, 0.2) is 57.4 Å². The van der Waals surface area contributed by atoms with Gasteiger partial charge in [-0.05, 0) is 43.3 Å². The summed E-state index contributed by atoms with van der Waals surface area (Å²) in [6.07, 6.45) is 2.79. The Morgan fingerprint density at radius 3 is 2.35 bits per heavy atom. The van der Waals surface area contributed by atoms with Crippen molar-refractivity contribution in [2.75, 3.05) is 6.26 Å². The third-order valence-electron chi connectivity index (χ3n) is 2.62. The predicted octanol–water partition coefficient (Wildman–Crippen LogP) is 2.84. The molecule has 0 aliphatic carbocycles. The summed E-state index contributed by atoms with van der Waals surface area (Å²) in [5, 5.41) is 0.618. The number of hydrogen-bond donors (Lipinski definition) is 0. The molecule has 0 bridgehead atoms. The van der Waals surface area contributed by atoms with Crippen LogP contribution in [0.3, 0.4) is 0 Å². The van der Waals surface area contributed by atoms with Crippen LogP contribution in [0.5, 0.6) is 0 Å². The van der Waals surface area contributed by atoms with Crippen LogP contribution in [0.4, 0.5) is 0 Å². The van der Waals surface area contributed by atoms with E-state index in [1.54, 1.807) is 42.6 Å². The molecule has 2 rings (SSSR count). The van der Waals surface area contributed by atoms with Crippen LogP contribution in [0, 0.1) is 0 Å². The van der Waals surface area contributed by atoms with Gasteiger partial charge >= 0.3 is 0 Å². The molecular formula is C14H13NO3S2. The van der Waals surface area contributed by atoms with Crippen molar-refractivity contribution < 1.29 is 13.2 Å². The van der Waals surface area contributed by atoms with E-state index >= 15 is 0 Å². The second-order valence-corrected chi connectivity index (χ2v) is 7.34. The molecule has 20 heavy (non-hydrogen) atoms. The smallest absolute Gasteiger partial charge is 0.175 e. The Labute approximate surface area is 122 Å². The Morgan fingerprint density at radius 1 is 1.15 bits per heavy atom. The fourth-order valence-electron chi connectivity index (χ4n) is 1.61. The van der Waals surface area contributed by atoms with Crippen molar-refractivity contribution >= 4 is 27.4 Å². The number of Topliss-reactive ketones (excluding diaryl/α,β-unsaturated/α-hetero) is 1. The van der Waals surface area contributed by atoms with Crippen LogP contribution >= 0.6 is 11.8 Å². The van der Waals surface area contributed by atoms with E-state index in [1.807, 2.05) is 0 Å². The molecule has 0 aliphatic heterocycles. The van der Waals surface area contributed by atoms with E-state index in [0.29, 0.717) is 10.6 Å². The van der Waals surface area contributed by atoms with Crippen LogP contribution in [-0.4, -0.2) is 25.4 Å². The highest BCUT2D eigenvalue weighted by Gasteiger charge is 2.11. The average molecular weight is 307 g/mol. The molecule has 0 fully saturated rings. The Bertz CT molecular complexity index is 737. The first kappa shape index (κ1) is 14.7. The monoisotopic (exact) mass is 307 g/mol. The van der Waals surface area contributed by atoms with E-state index in [0.717, 1.165) is 4.90 Å². The quantitative estimate of drug-likeness (QED) is 0.813. The molecule has 0 N–H and O–H groups in total. The van der Waals surface area contributed by atoms with Gasteiger partial charge in [-0.1, -0.05) is 11.8 Å². The third-order valence-corrected chi connectivity index (χ3v) is 4.77. The summed E-state index contributed by atoms with van der Waals surface area (Å²) in [5.41, 5.74) is 0.560. The average Bonchev–Trinajstić information content (AvgIpc) is 2.38. The fraction of sp³-hybridized carbons (Fsp3) is 0.143. The molecule has 6 heteroatoms. The first-order valence-corrected chi connectivity index (χ1v) is 8.52. The molecule has 0 aliphatic rings. The molecule has 0 spiro atoms. The zero-order valence-corrected chi connectivity index (χ0v) is 12.7. The summed E-state index contributed by atoms with van der Waals surface area (Å²) in [4.78, 5) is 16.8. The lowest BCUT2D eigenvalue weighted by atomic mass is 10.2. The standard InChI is InChI=1S/C14H13NO3S2/c1-10(16)13-4-3-9-15-14(13)19-11-5-7-12(8-6-11)20(2,17)18/h3-9H,1-2H3. The van der Waals surface area contributed by atoms with Crippen LogP contribution in [0.2, 0.25) is 0 Å². The van der Waals surface area contributed by atoms with Crippen molar-refractivity contribution in [1.29, 1.82) is 0 Å².